The molecule has 2 aromatic rings. The molecule has 20 heavy (non-hydrogen) atoms. The van der Waals surface area contributed by atoms with E-state index >= 15 is 0 Å². The molecule has 0 spiro atoms. The minimum Gasteiger partial charge on any atom is -0.325 e. The highest BCUT2D eigenvalue weighted by atomic mass is 35.5. The molecule has 0 radical (unpaired) electrons. The SMILES string of the molecule is CC(C)c1ccc(NC(=O)c2csc(CN)n2)cc1.Cl. The van der Waals surface area contributed by atoms with E-state index in [1.54, 1.807) is 5.38 Å². The Bertz CT molecular complexity index is 566. The largest absolute Gasteiger partial charge is 0.325 e. The number of amides is 1. The monoisotopic (exact) mass is 311 g/mol. The summed E-state index contributed by atoms with van der Waals surface area (Å²) in [5.41, 5.74) is 7.91. The van der Waals surface area contributed by atoms with E-state index in [0.29, 0.717) is 18.2 Å². The van der Waals surface area contributed by atoms with Crippen LogP contribution >= 0.6 is 23.7 Å². The van der Waals surface area contributed by atoms with Gasteiger partial charge < -0.3 is 11.1 Å². The number of thiazole rings is 1. The van der Waals surface area contributed by atoms with Gasteiger partial charge in [-0.2, -0.15) is 0 Å². The van der Waals surface area contributed by atoms with Gasteiger partial charge in [0.25, 0.3) is 5.91 Å². The van der Waals surface area contributed by atoms with Crippen molar-refractivity contribution < 1.29 is 4.79 Å². The Morgan fingerprint density at radius 2 is 2.00 bits per heavy atom. The first kappa shape index (κ1) is 16.6. The van der Waals surface area contributed by atoms with Gasteiger partial charge in [0.1, 0.15) is 10.7 Å². The molecule has 0 aliphatic heterocycles. The molecule has 6 heteroatoms. The zero-order valence-corrected chi connectivity index (χ0v) is 13.1. The summed E-state index contributed by atoms with van der Waals surface area (Å²) in [7, 11) is 0. The van der Waals surface area contributed by atoms with Crippen molar-refractivity contribution in [1.82, 2.24) is 4.98 Å². The van der Waals surface area contributed by atoms with Crippen molar-refractivity contribution in [2.45, 2.75) is 26.3 Å². The molecule has 0 aliphatic rings. The Morgan fingerprint density at radius 1 is 1.35 bits per heavy atom. The fraction of sp³-hybridized carbons (Fsp3) is 0.286. The molecule has 0 saturated carbocycles. The fourth-order valence-electron chi connectivity index (χ4n) is 1.66. The highest BCUT2D eigenvalue weighted by Gasteiger charge is 2.10. The minimum absolute atomic E-state index is 0. The van der Waals surface area contributed by atoms with Crippen LogP contribution in [-0.4, -0.2) is 10.9 Å². The predicted octanol–water partition coefficient (Wildman–Crippen LogP) is 3.40. The van der Waals surface area contributed by atoms with Gasteiger partial charge in [-0.15, -0.1) is 23.7 Å². The summed E-state index contributed by atoms with van der Waals surface area (Å²) in [4.78, 5) is 16.1. The molecule has 1 aromatic carbocycles. The number of nitrogens with two attached hydrogens (primary N) is 1. The lowest BCUT2D eigenvalue weighted by Gasteiger charge is -2.07. The van der Waals surface area contributed by atoms with E-state index in [4.69, 9.17) is 5.73 Å². The molecule has 2 rings (SSSR count). The number of rotatable bonds is 4. The lowest BCUT2D eigenvalue weighted by Crippen LogP contribution is -2.12. The molecule has 0 saturated heterocycles. The van der Waals surface area contributed by atoms with Crippen LogP contribution in [0.4, 0.5) is 5.69 Å². The summed E-state index contributed by atoms with van der Waals surface area (Å²) < 4.78 is 0. The molecular formula is C14H18ClN3OS. The predicted molar refractivity (Wildman–Crippen MR) is 85.7 cm³/mol. The van der Waals surface area contributed by atoms with Crippen LogP contribution in [0.5, 0.6) is 0 Å². The van der Waals surface area contributed by atoms with E-state index in [2.05, 4.69) is 24.1 Å². The summed E-state index contributed by atoms with van der Waals surface area (Å²) >= 11 is 1.40. The number of nitrogens with one attached hydrogen (secondary N) is 1. The van der Waals surface area contributed by atoms with Crippen molar-refractivity contribution in [1.29, 1.82) is 0 Å². The zero-order valence-electron chi connectivity index (χ0n) is 11.4. The van der Waals surface area contributed by atoms with Gasteiger partial charge in [-0.05, 0) is 23.6 Å². The molecule has 0 aliphatic carbocycles. The van der Waals surface area contributed by atoms with Crippen molar-refractivity contribution in [3.05, 3.63) is 45.9 Å². The number of aromatic nitrogens is 1. The number of carbonyl (C=O) groups is 1. The molecule has 1 amide bonds. The fourth-order valence-corrected chi connectivity index (χ4v) is 2.31. The molecular weight excluding hydrogens is 294 g/mol. The summed E-state index contributed by atoms with van der Waals surface area (Å²) in [6, 6.07) is 7.85. The van der Waals surface area contributed by atoms with E-state index < -0.39 is 0 Å². The second-order valence-corrected chi connectivity index (χ2v) is 5.50. The third kappa shape index (κ3) is 4.03. The summed E-state index contributed by atoms with van der Waals surface area (Å²) in [6.45, 7) is 4.63. The van der Waals surface area contributed by atoms with Crippen LogP contribution in [0.3, 0.4) is 0 Å². The standard InChI is InChI=1S/C14H17N3OS.ClH/c1-9(2)10-3-5-11(6-4-10)16-14(18)12-8-19-13(7-15)17-12;/h3-6,8-9H,7,15H2,1-2H3,(H,16,18);1H. The van der Waals surface area contributed by atoms with Crippen molar-refractivity contribution in [3.63, 3.8) is 0 Å². The van der Waals surface area contributed by atoms with Crippen molar-refractivity contribution in [2.75, 3.05) is 5.32 Å². The van der Waals surface area contributed by atoms with Gasteiger partial charge in [0.05, 0.1) is 0 Å². The molecule has 3 N–H and O–H groups in total. The van der Waals surface area contributed by atoms with Crippen LogP contribution in [0.15, 0.2) is 29.6 Å². The van der Waals surface area contributed by atoms with Crippen LogP contribution in [0.25, 0.3) is 0 Å². The molecule has 108 valence electrons. The summed E-state index contributed by atoms with van der Waals surface area (Å²) in [6.07, 6.45) is 0. The molecule has 1 aromatic heterocycles. The van der Waals surface area contributed by atoms with Gasteiger partial charge in [-0.25, -0.2) is 4.98 Å². The molecule has 4 nitrogen and oxygen atoms in total. The average molecular weight is 312 g/mol. The van der Waals surface area contributed by atoms with Crippen molar-refractivity contribution in [3.8, 4) is 0 Å². The highest BCUT2D eigenvalue weighted by molar-refractivity contribution is 7.09. The number of hydrogen-bond donors (Lipinski definition) is 2. The van der Waals surface area contributed by atoms with E-state index in [-0.39, 0.29) is 18.3 Å². The molecule has 0 unspecified atom stereocenters. The highest BCUT2D eigenvalue weighted by Crippen LogP contribution is 2.18. The maximum atomic E-state index is 12.0. The van der Waals surface area contributed by atoms with Gasteiger partial charge in [0.2, 0.25) is 0 Å². The molecule has 1 heterocycles. The van der Waals surface area contributed by atoms with Gasteiger partial charge in [0.15, 0.2) is 0 Å². The number of carbonyl (C=O) groups excluding carboxylic acids is 1. The number of anilines is 1. The maximum absolute atomic E-state index is 12.0. The van der Waals surface area contributed by atoms with E-state index in [9.17, 15) is 4.79 Å². The lowest BCUT2D eigenvalue weighted by molar-refractivity contribution is 0.102. The van der Waals surface area contributed by atoms with Crippen LogP contribution in [-0.2, 0) is 6.54 Å². The smallest absolute Gasteiger partial charge is 0.275 e. The van der Waals surface area contributed by atoms with Gasteiger partial charge in [-0.1, -0.05) is 26.0 Å². The number of nitrogens with zero attached hydrogens (tertiary/aromatic N) is 1. The van der Waals surface area contributed by atoms with E-state index in [1.165, 1.54) is 16.9 Å². The second kappa shape index (κ2) is 7.38. The molecule has 0 bridgehead atoms. The molecule has 0 fully saturated rings. The van der Waals surface area contributed by atoms with E-state index in [0.717, 1.165) is 10.7 Å². The number of benzene rings is 1. The van der Waals surface area contributed by atoms with Crippen molar-refractivity contribution in [2.24, 2.45) is 5.73 Å². The van der Waals surface area contributed by atoms with Crippen LogP contribution in [0.2, 0.25) is 0 Å². The van der Waals surface area contributed by atoms with Crippen LogP contribution in [0.1, 0.15) is 40.8 Å². The molecule has 0 atom stereocenters. The third-order valence-corrected chi connectivity index (χ3v) is 3.67. The lowest BCUT2D eigenvalue weighted by atomic mass is 10.0. The maximum Gasteiger partial charge on any atom is 0.275 e. The Morgan fingerprint density at radius 3 is 2.50 bits per heavy atom. The average Bonchev–Trinajstić information content (AvgIpc) is 2.88. The van der Waals surface area contributed by atoms with Gasteiger partial charge in [-0.3, -0.25) is 4.79 Å². The Balaban J connectivity index is 0.00000200. The Labute approximate surface area is 128 Å². The summed E-state index contributed by atoms with van der Waals surface area (Å²) in [5, 5.41) is 5.31. The number of halogens is 1. The van der Waals surface area contributed by atoms with E-state index in [1.807, 2.05) is 24.3 Å². The van der Waals surface area contributed by atoms with Crippen molar-refractivity contribution >= 4 is 35.3 Å². The summed E-state index contributed by atoms with van der Waals surface area (Å²) in [5.74, 6) is 0.281. The topological polar surface area (TPSA) is 68.0 Å². The Kier molecular flexibility index (Phi) is 6.13. The van der Waals surface area contributed by atoms with Gasteiger partial charge in [0, 0.05) is 17.6 Å². The first-order valence-electron chi connectivity index (χ1n) is 6.16. The zero-order chi connectivity index (χ0) is 13.8. The van der Waals surface area contributed by atoms with Crippen LogP contribution in [0, 0.1) is 0 Å². The second-order valence-electron chi connectivity index (χ2n) is 4.56. The normalized spacial score (nSPS) is 10.2. The third-order valence-electron chi connectivity index (χ3n) is 2.79. The number of hydrogen-bond acceptors (Lipinski definition) is 4. The minimum atomic E-state index is -0.201. The van der Waals surface area contributed by atoms with Gasteiger partial charge >= 0.3 is 0 Å². The quantitative estimate of drug-likeness (QED) is 0.909. The van der Waals surface area contributed by atoms with Crippen LogP contribution < -0.4 is 11.1 Å². The Hall–Kier alpha value is -1.43. The first-order chi connectivity index (χ1) is 9.10. The first-order valence-corrected chi connectivity index (χ1v) is 7.04.